The van der Waals surface area contributed by atoms with Crippen LogP contribution in [0.5, 0.6) is 11.5 Å². The van der Waals surface area contributed by atoms with Crippen LogP contribution in [0.3, 0.4) is 0 Å². The summed E-state index contributed by atoms with van der Waals surface area (Å²) in [4.78, 5) is 26.3. The Balaban J connectivity index is 1.56. The van der Waals surface area contributed by atoms with E-state index in [1.807, 2.05) is 36.4 Å². The van der Waals surface area contributed by atoms with Crippen LogP contribution < -0.4 is 19.7 Å². The summed E-state index contributed by atoms with van der Waals surface area (Å²) in [6.45, 7) is 5.88. The van der Waals surface area contributed by atoms with Crippen LogP contribution in [-0.4, -0.2) is 94.6 Å². The molecule has 37 heavy (non-hydrogen) atoms. The van der Waals surface area contributed by atoms with Gasteiger partial charge in [0.1, 0.15) is 17.2 Å². The van der Waals surface area contributed by atoms with Crippen LogP contribution in [0.15, 0.2) is 42.6 Å². The zero-order valence-corrected chi connectivity index (χ0v) is 21.7. The Morgan fingerprint density at radius 2 is 1.78 bits per heavy atom. The predicted molar refractivity (Wildman–Crippen MR) is 142 cm³/mol. The lowest BCUT2D eigenvalue weighted by Gasteiger charge is -2.26. The normalized spacial score (nSPS) is 13.9. The molecule has 0 bridgehead atoms. The number of rotatable bonds is 12. The van der Waals surface area contributed by atoms with Gasteiger partial charge in [-0.25, -0.2) is 4.98 Å². The second-order valence-electron chi connectivity index (χ2n) is 8.71. The molecule has 198 valence electrons. The van der Waals surface area contributed by atoms with Crippen LogP contribution in [0.1, 0.15) is 16.9 Å². The van der Waals surface area contributed by atoms with Crippen molar-refractivity contribution in [2.75, 3.05) is 78.8 Å². The molecule has 1 fully saturated rings. The molecule has 0 spiro atoms. The molecule has 4 rings (SSSR count). The van der Waals surface area contributed by atoms with Crippen molar-refractivity contribution in [1.29, 1.82) is 0 Å². The summed E-state index contributed by atoms with van der Waals surface area (Å²) in [6, 6.07) is 11.6. The highest BCUT2D eigenvalue weighted by Crippen LogP contribution is 2.34. The van der Waals surface area contributed by atoms with E-state index in [9.17, 15) is 4.79 Å². The van der Waals surface area contributed by atoms with Crippen LogP contribution >= 0.6 is 0 Å². The lowest BCUT2D eigenvalue weighted by atomic mass is 10.2. The number of aromatic nitrogens is 2. The molecule has 2 heterocycles. The van der Waals surface area contributed by atoms with Gasteiger partial charge < -0.3 is 29.2 Å². The van der Waals surface area contributed by atoms with Gasteiger partial charge in [0.05, 0.1) is 44.7 Å². The number of fused-ring (bicyclic) bond motifs is 1. The van der Waals surface area contributed by atoms with Gasteiger partial charge in [0.2, 0.25) is 0 Å². The number of amides is 1. The van der Waals surface area contributed by atoms with Gasteiger partial charge in [0, 0.05) is 76.0 Å². The molecule has 2 aromatic carbocycles. The maximum atomic E-state index is 12.8. The predicted octanol–water partition coefficient (Wildman–Crippen LogP) is 2.88. The molecule has 1 aliphatic rings. The fourth-order valence-electron chi connectivity index (χ4n) is 4.24. The molecule has 10 heteroatoms. The Bertz CT molecular complexity index is 1160. The highest BCUT2D eigenvalue weighted by molar-refractivity contribution is 5.94. The number of hydrogen-bond donors (Lipinski definition) is 1. The number of hydrogen-bond acceptors (Lipinski definition) is 9. The molecule has 1 aliphatic heterocycles. The zero-order valence-electron chi connectivity index (χ0n) is 21.7. The van der Waals surface area contributed by atoms with Crippen LogP contribution in [0.25, 0.3) is 11.0 Å². The number of nitrogens with one attached hydrogen (secondary N) is 1. The Morgan fingerprint density at radius 3 is 2.49 bits per heavy atom. The molecule has 1 amide bonds. The fourth-order valence-corrected chi connectivity index (χ4v) is 4.24. The van der Waals surface area contributed by atoms with Crippen molar-refractivity contribution in [2.24, 2.45) is 0 Å². The zero-order chi connectivity index (χ0) is 26.0. The first-order chi connectivity index (χ1) is 18.1. The number of carbonyl (C=O) groups excluding carboxylic acids is 1. The van der Waals surface area contributed by atoms with Crippen LogP contribution in [0.4, 0.5) is 11.4 Å². The minimum absolute atomic E-state index is 0.234. The average Bonchev–Trinajstić information content (AvgIpc) is 2.95. The van der Waals surface area contributed by atoms with Crippen molar-refractivity contribution in [3.05, 3.63) is 48.3 Å². The lowest BCUT2D eigenvalue weighted by Crippen LogP contribution is -2.41. The maximum absolute atomic E-state index is 12.8. The lowest BCUT2D eigenvalue weighted by molar-refractivity contribution is 0.0383. The van der Waals surface area contributed by atoms with Crippen molar-refractivity contribution in [3.8, 4) is 11.5 Å². The van der Waals surface area contributed by atoms with Gasteiger partial charge in [-0.05, 0) is 24.6 Å². The smallest absolute Gasteiger partial charge is 0.271 e. The number of carbonyl (C=O) groups is 1. The molecule has 10 nitrogen and oxygen atoms in total. The van der Waals surface area contributed by atoms with E-state index in [0.717, 1.165) is 50.6 Å². The number of benzene rings is 2. The summed E-state index contributed by atoms with van der Waals surface area (Å²) in [6.07, 6.45) is 2.33. The molecular formula is C27H35N5O5. The quantitative estimate of drug-likeness (QED) is 0.370. The Morgan fingerprint density at radius 1 is 1.03 bits per heavy atom. The molecule has 1 aromatic heterocycles. The highest BCUT2D eigenvalue weighted by Gasteiger charge is 2.16. The molecule has 1 N–H and O–H groups in total. The van der Waals surface area contributed by atoms with Crippen molar-refractivity contribution in [3.63, 3.8) is 0 Å². The fraction of sp³-hybridized carbons (Fsp3) is 0.444. The molecule has 0 aliphatic carbocycles. The summed E-state index contributed by atoms with van der Waals surface area (Å²) in [5.41, 5.74) is 3.48. The molecule has 1 saturated heterocycles. The van der Waals surface area contributed by atoms with E-state index in [1.54, 1.807) is 21.3 Å². The van der Waals surface area contributed by atoms with E-state index >= 15 is 0 Å². The van der Waals surface area contributed by atoms with Crippen molar-refractivity contribution in [2.45, 2.75) is 6.42 Å². The minimum Gasteiger partial charge on any atom is -0.497 e. The van der Waals surface area contributed by atoms with Gasteiger partial charge in [-0.2, -0.15) is 0 Å². The van der Waals surface area contributed by atoms with E-state index in [2.05, 4.69) is 25.1 Å². The number of ether oxygens (including phenoxy) is 4. The van der Waals surface area contributed by atoms with E-state index in [1.165, 1.54) is 6.20 Å². The molecular weight excluding hydrogens is 474 g/mol. The van der Waals surface area contributed by atoms with Gasteiger partial charge in [-0.15, -0.1) is 0 Å². The third kappa shape index (κ3) is 7.06. The third-order valence-corrected chi connectivity index (χ3v) is 6.27. The van der Waals surface area contributed by atoms with Crippen LogP contribution in [-0.2, 0) is 9.47 Å². The van der Waals surface area contributed by atoms with Gasteiger partial charge >= 0.3 is 0 Å². The molecule has 0 radical (unpaired) electrons. The second-order valence-corrected chi connectivity index (χ2v) is 8.71. The van der Waals surface area contributed by atoms with Crippen molar-refractivity contribution < 1.29 is 23.7 Å². The number of morpholine rings is 1. The highest BCUT2D eigenvalue weighted by atomic mass is 16.5. The topological polar surface area (TPSA) is 98.3 Å². The largest absolute Gasteiger partial charge is 0.497 e. The summed E-state index contributed by atoms with van der Waals surface area (Å²) < 4.78 is 21.6. The molecule has 0 saturated carbocycles. The third-order valence-electron chi connectivity index (χ3n) is 6.27. The summed E-state index contributed by atoms with van der Waals surface area (Å²) in [5, 5.41) is 2.96. The standard InChI is InChI=1S/C27H35N5O5/c1-34-12-4-8-32(21-15-22(35-2)18-23(16-21)36-3)20-5-6-24-25(17-20)30-26(19-29-24)27(33)28-7-9-31-10-13-37-14-11-31/h5-6,15-19H,4,7-14H2,1-3H3,(H,28,33). The number of anilines is 2. The molecule has 0 atom stereocenters. The number of methoxy groups -OCH3 is 3. The monoisotopic (exact) mass is 509 g/mol. The van der Waals surface area contributed by atoms with E-state index < -0.39 is 0 Å². The minimum atomic E-state index is -0.234. The van der Waals surface area contributed by atoms with Gasteiger partial charge in [0.25, 0.3) is 5.91 Å². The van der Waals surface area contributed by atoms with Gasteiger partial charge in [-0.1, -0.05) is 0 Å². The first-order valence-electron chi connectivity index (χ1n) is 12.5. The van der Waals surface area contributed by atoms with E-state index in [-0.39, 0.29) is 5.91 Å². The second kappa shape index (κ2) is 13.2. The summed E-state index contributed by atoms with van der Waals surface area (Å²) >= 11 is 0. The Kier molecular flexibility index (Phi) is 9.47. The van der Waals surface area contributed by atoms with Gasteiger partial charge in [-0.3, -0.25) is 14.7 Å². The van der Waals surface area contributed by atoms with Gasteiger partial charge in [0.15, 0.2) is 0 Å². The van der Waals surface area contributed by atoms with Crippen LogP contribution in [0.2, 0.25) is 0 Å². The first-order valence-corrected chi connectivity index (χ1v) is 12.5. The Labute approximate surface area is 217 Å². The maximum Gasteiger partial charge on any atom is 0.271 e. The van der Waals surface area contributed by atoms with Crippen molar-refractivity contribution in [1.82, 2.24) is 20.2 Å². The average molecular weight is 510 g/mol. The SMILES string of the molecule is COCCCN(c1cc(OC)cc(OC)c1)c1ccc2ncc(C(=O)NCCN3CCOCC3)nc2c1. The first kappa shape index (κ1) is 26.6. The van der Waals surface area contributed by atoms with Crippen LogP contribution in [0, 0.1) is 0 Å². The number of nitrogens with zero attached hydrogens (tertiary/aromatic N) is 4. The molecule has 3 aromatic rings. The Hall–Kier alpha value is -3.47. The molecule has 0 unspecified atom stereocenters. The van der Waals surface area contributed by atoms with E-state index in [4.69, 9.17) is 18.9 Å². The summed E-state index contributed by atoms with van der Waals surface area (Å²) in [7, 11) is 4.96. The van der Waals surface area contributed by atoms with Crippen molar-refractivity contribution >= 4 is 28.3 Å². The summed E-state index contributed by atoms with van der Waals surface area (Å²) in [5.74, 6) is 1.16. The van der Waals surface area contributed by atoms with E-state index in [0.29, 0.717) is 47.9 Å².